The fourth-order valence-electron chi connectivity index (χ4n) is 3.24. The average molecular weight is 438 g/mol. The molecule has 0 spiro atoms. The number of hydrogen-bond acceptors (Lipinski definition) is 4. The Morgan fingerprint density at radius 2 is 1.68 bits per heavy atom. The highest BCUT2D eigenvalue weighted by molar-refractivity contribution is 7.89. The van der Waals surface area contributed by atoms with Gasteiger partial charge in [-0.1, -0.05) is 43.3 Å². The Morgan fingerprint density at radius 3 is 2.32 bits per heavy atom. The molecule has 1 N–H and O–H groups in total. The maximum atomic E-state index is 13.0. The van der Waals surface area contributed by atoms with Crippen LogP contribution in [0.4, 0.5) is 5.69 Å². The largest absolute Gasteiger partial charge is 0.326 e. The molecule has 0 unspecified atom stereocenters. The van der Waals surface area contributed by atoms with Crippen LogP contribution in [0.25, 0.3) is 0 Å². The molecule has 1 heterocycles. The maximum Gasteiger partial charge on any atom is 0.243 e. The van der Waals surface area contributed by atoms with Gasteiger partial charge in [0.15, 0.2) is 0 Å². The van der Waals surface area contributed by atoms with Crippen molar-refractivity contribution in [3.8, 4) is 0 Å². The van der Waals surface area contributed by atoms with Crippen molar-refractivity contribution in [3.63, 3.8) is 0 Å². The van der Waals surface area contributed by atoms with Crippen molar-refractivity contribution in [3.05, 3.63) is 90.3 Å². The summed E-state index contributed by atoms with van der Waals surface area (Å²) in [5, 5.41) is 2.83. The van der Waals surface area contributed by atoms with Gasteiger partial charge in [-0.05, 0) is 54.3 Å². The highest BCUT2D eigenvalue weighted by Crippen LogP contribution is 2.20. The summed E-state index contributed by atoms with van der Waals surface area (Å²) >= 11 is 0. The zero-order valence-electron chi connectivity index (χ0n) is 17.6. The molecule has 0 saturated carbocycles. The number of benzene rings is 2. The molecule has 0 bridgehead atoms. The van der Waals surface area contributed by atoms with Crippen LogP contribution in [0.2, 0.25) is 0 Å². The van der Waals surface area contributed by atoms with E-state index in [1.807, 2.05) is 49.4 Å². The van der Waals surface area contributed by atoms with Crippen LogP contribution in [0, 0.1) is 0 Å². The average Bonchev–Trinajstić information content (AvgIpc) is 2.79. The molecule has 0 atom stereocenters. The van der Waals surface area contributed by atoms with E-state index in [0.717, 1.165) is 24.0 Å². The number of anilines is 1. The van der Waals surface area contributed by atoms with E-state index in [1.54, 1.807) is 24.5 Å². The Balaban J connectivity index is 1.57. The summed E-state index contributed by atoms with van der Waals surface area (Å²) in [6.45, 7) is 2.50. The summed E-state index contributed by atoms with van der Waals surface area (Å²) in [6, 6.07) is 19.7. The van der Waals surface area contributed by atoms with E-state index >= 15 is 0 Å². The van der Waals surface area contributed by atoms with E-state index in [2.05, 4.69) is 10.3 Å². The Labute approximate surface area is 184 Å². The molecule has 0 fully saturated rings. The number of sulfonamides is 1. The van der Waals surface area contributed by atoms with E-state index in [1.165, 1.54) is 16.4 Å². The first-order chi connectivity index (χ1) is 15.0. The summed E-state index contributed by atoms with van der Waals surface area (Å²) in [7, 11) is -3.62. The van der Waals surface area contributed by atoms with Gasteiger partial charge in [0.2, 0.25) is 15.9 Å². The second kappa shape index (κ2) is 10.8. The van der Waals surface area contributed by atoms with E-state index in [-0.39, 0.29) is 10.8 Å². The van der Waals surface area contributed by atoms with E-state index in [0.29, 0.717) is 25.2 Å². The van der Waals surface area contributed by atoms with Gasteiger partial charge in [-0.3, -0.25) is 9.78 Å². The van der Waals surface area contributed by atoms with Crippen LogP contribution in [0.1, 0.15) is 30.9 Å². The Morgan fingerprint density at radius 1 is 0.968 bits per heavy atom. The molecule has 3 rings (SSSR count). The van der Waals surface area contributed by atoms with Crippen LogP contribution in [-0.4, -0.2) is 30.2 Å². The molecule has 7 heteroatoms. The van der Waals surface area contributed by atoms with E-state index in [4.69, 9.17) is 0 Å². The van der Waals surface area contributed by atoms with Crippen molar-refractivity contribution in [2.24, 2.45) is 0 Å². The van der Waals surface area contributed by atoms with E-state index < -0.39 is 10.0 Å². The van der Waals surface area contributed by atoms with Crippen molar-refractivity contribution in [2.45, 2.75) is 37.6 Å². The molecule has 0 saturated heterocycles. The van der Waals surface area contributed by atoms with Crippen LogP contribution >= 0.6 is 0 Å². The summed E-state index contributed by atoms with van der Waals surface area (Å²) < 4.78 is 27.5. The van der Waals surface area contributed by atoms with Crippen LogP contribution in [0.3, 0.4) is 0 Å². The number of nitrogens with zero attached hydrogens (tertiary/aromatic N) is 2. The van der Waals surface area contributed by atoms with Gasteiger partial charge in [-0.25, -0.2) is 8.42 Å². The van der Waals surface area contributed by atoms with Crippen LogP contribution < -0.4 is 5.32 Å². The van der Waals surface area contributed by atoms with Crippen LogP contribution in [0.15, 0.2) is 84.0 Å². The monoisotopic (exact) mass is 437 g/mol. The van der Waals surface area contributed by atoms with Crippen LogP contribution in [-0.2, 0) is 27.8 Å². The molecule has 0 aliphatic carbocycles. The molecular formula is C24H27N3O3S. The number of aromatic nitrogens is 1. The Bertz CT molecular complexity index is 1070. The third-order valence-corrected chi connectivity index (χ3v) is 6.86. The number of rotatable bonds is 10. The lowest BCUT2D eigenvalue weighted by Crippen LogP contribution is -2.30. The quantitative estimate of drug-likeness (QED) is 0.514. The molecule has 1 aromatic heterocycles. The molecule has 0 aliphatic rings. The predicted octanol–water partition coefficient (Wildman–Crippen LogP) is 4.25. The topological polar surface area (TPSA) is 79.4 Å². The Hall–Kier alpha value is -3.03. The molecule has 6 nitrogen and oxygen atoms in total. The summed E-state index contributed by atoms with van der Waals surface area (Å²) in [6.07, 6.45) is 5.41. The van der Waals surface area contributed by atoms with Crippen LogP contribution in [0.5, 0.6) is 0 Å². The number of carbonyl (C=O) groups is 1. The molecular weight excluding hydrogens is 410 g/mol. The van der Waals surface area contributed by atoms with Gasteiger partial charge in [0, 0.05) is 37.6 Å². The molecule has 31 heavy (non-hydrogen) atoms. The van der Waals surface area contributed by atoms with Crippen molar-refractivity contribution in [1.29, 1.82) is 0 Å². The zero-order valence-corrected chi connectivity index (χ0v) is 18.4. The SMILES string of the molecule is CCN(Cc1ccccc1)S(=O)(=O)c1ccc(NC(=O)CCCc2cccnc2)cc1. The van der Waals surface area contributed by atoms with Gasteiger partial charge in [-0.15, -0.1) is 0 Å². The highest BCUT2D eigenvalue weighted by atomic mass is 32.2. The lowest BCUT2D eigenvalue weighted by molar-refractivity contribution is -0.116. The molecule has 162 valence electrons. The molecule has 2 aromatic carbocycles. The number of carbonyl (C=O) groups excluding carboxylic acids is 1. The van der Waals surface area contributed by atoms with Crippen molar-refractivity contribution < 1.29 is 13.2 Å². The summed E-state index contributed by atoms with van der Waals surface area (Å²) in [4.78, 5) is 16.5. The Kier molecular flexibility index (Phi) is 7.92. The fraction of sp³-hybridized carbons (Fsp3) is 0.250. The second-order valence-electron chi connectivity index (χ2n) is 7.20. The third-order valence-electron chi connectivity index (χ3n) is 4.92. The highest BCUT2D eigenvalue weighted by Gasteiger charge is 2.23. The lowest BCUT2D eigenvalue weighted by atomic mass is 10.1. The minimum atomic E-state index is -3.62. The maximum absolute atomic E-state index is 13.0. The third kappa shape index (κ3) is 6.47. The molecule has 0 radical (unpaired) electrons. The van der Waals surface area contributed by atoms with Crippen molar-refractivity contribution in [1.82, 2.24) is 9.29 Å². The summed E-state index contributed by atoms with van der Waals surface area (Å²) in [5.74, 6) is -0.0984. The summed E-state index contributed by atoms with van der Waals surface area (Å²) in [5.41, 5.74) is 2.61. The smallest absolute Gasteiger partial charge is 0.243 e. The van der Waals surface area contributed by atoms with Gasteiger partial charge >= 0.3 is 0 Å². The van der Waals surface area contributed by atoms with Gasteiger partial charge in [0.05, 0.1) is 4.90 Å². The molecule has 3 aromatic rings. The predicted molar refractivity (Wildman–Crippen MR) is 122 cm³/mol. The minimum absolute atomic E-state index is 0.0984. The molecule has 0 aliphatic heterocycles. The normalized spacial score (nSPS) is 11.4. The zero-order chi connectivity index (χ0) is 22.1. The van der Waals surface area contributed by atoms with Crippen molar-refractivity contribution >= 4 is 21.6 Å². The minimum Gasteiger partial charge on any atom is -0.326 e. The van der Waals surface area contributed by atoms with Gasteiger partial charge < -0.3 is 5.32 Å². The van der Waals surface area contributed by atoms with Crippen molar-refractivity contribution in [2.75, 3.05) is 11.9 Å². The first-order valence-electron chi connectivity index (χ1n) is 10.3. The number of aryl methyl sites for hydroxylation is 1. The number of hydrogen-bond donors (Lipinski definition) is 1. The van der Waals surface area contributed by atoms with Gasteiger partial charge in [-0.2, -0.15) is 4.31 Å². The first kappa shape index (κ1) is 22.7. The van der Waals surface area contributed by atoms with E-state index in [9.17, 15) is 13.2 Å². The number of nitrogens with one attached hydrogen (secondary N) is 1. The van der Waals surface area contributed by atoms with Gasteiger partial charge in [0.25, 0.3) is 0 Å². The number of pyridine rings is 1. The second-order valence-corrected chi connectivity index (χ2v) is 9.14. The lowest BCUT2D eigenvalue weighted by Gasteiger charge is -2.21. The van der Waals surface area contributed by atoms with Gasteiger partial charge in [0.1, 0.15) is 0 Å². The fourth-order valence-corrected chi connectivity index (χ4v) is 4.67. The molecule has 1 amide bonds. The first-order valence-corrected chi connectivity index (χ1v) is 11.8. The number of amides is 1. The standard InChI is InChI=1S/C24H27N3O3S/c1-2-27(19-21-8-4-3-5-9-21)31(29,30)23-15-13-22(14-16-23)26-24(28)12-6-10-20-11-7-17-25-18-20/h3-5,7-9,11,13-18H,2,6,10,12,19H2,1H3,(H,26,28).